The molecule has 1 unspecified atom stereocenters. The van der Waals surface area contributed by atoms with Gasteiger partial charge in [0, 0.05) is 0 Å². The molecule has 0 amide bonds. The lowest BCUT2D eigenvalue weighted by molar-refractivity contribution is 0.0506. The van der Waals surface area contributed by atoms with Gasteiger partial charge >= 0.3 is 0 Å². The second kappa shape index (κ2) is 5.01. The number of hydrogen-bond acceptors (Lipinski definition) is 3. The van der Waals surface area contributed by atoms with Crippen LogP contribution in [0.5, 0.6) is 0 Å². The third-order valence-corrected chi connectivity index (χ3v) is 5.47. The Morgan fingerprint density at radius 3 is 2.35 bits per heavy atom. The lowest BCUT2D eigenvalue weighted by Gasteiger charge is -2.39. The van der Waals surface area contributed by atoms with Crippen molar-refractivity contribution < 1.29 is 13.5 Å². The molecule has 1 aromatic rings. The standard InChI is InChI=1S/C16H22O3S/c1-13-9-15(2,3)11-16(17,10-13)12-20(18,19)14-7-5-4-6-8-14/h4-8,10,17H,9,11-12H2,1-3H3. The summed E-state index contributed by atoms with van der Waals surface area (Å²) in [5.74, 6) is -0.259. The molecule has 20 heavy (non-hydrogen) atoms. The number of sulfone groups is 1. The molecule has 110 valence electrons. The topological polar surface area (TPSA) is 54.4 Å². The van der Waals surface area contributed by atoms with E-state index in [0.717, 1.165) is 12.0 Å². The van der Waals surface area contributed by atoms with Gasteiger partial charge in [0.2, 0.25) is 0 Å². The van der Waals surface area contributed by atoms with E-state index in [0.29, 0.717) is 6.42 Å². The van der Waals surface area contributed by atoms with Gasteiger partial charge in [0.05, 0.1) is 16.2 Å². The van der Waals surface area contributed by atoms with Crippen LogP contribution in [-0.4, -0.2) is 24.9 Å². The zero-order valence-corrected chi connectivity index (χ0v) is 13.1. The Hall–Kier alpha value is -1.13. The summed E-state index contributed by atoms with van der Waals surface area (Å²) in [5.41, 5.74) is -0.313. The van der Waals surface area contributed by atoms with Crippen LogP contribution in [0.3, 0.4) is 0 Å². The minimum atomic E-state index is -3.49. The first kappa shape index (κ1) is 15.3. The van der Waals surface area contributed by atoms with E-state index in [4.69, 9.17) is 0 Å². The minimum Gasteiger partial charge on any atom is -0.385 e. The molecule has 0 aromatic heterocycles. The highest BCUT2D eigenvalue weighted by Gasteiger charge is 2.40. The molecule has 4 heteroatoms. The van der Waals surface area contributed by atoms with E-state index in [-0.39, 0.29) is 16.1 Å². The van der Waals surface area contributed by atoms with E-state index in [2.05, 4.69) is 13.8 Å². The van der Waals surface area contributed by atoms with Crippen molar-refractivity contribution in [3.63, 3.8) is 0 Å². The minimum absolute atomic E-state index is 0.0835. The van der Waals surface area contributed by atoms with Crippen LogP contribution in [0.1, 0.15) is 33.6 Å². The average molecular weight is 294 g/mol. The van der Waals surface area contributed by atoms with Crippen LogP contribution in [0.15, 0.2) is 46.9 Å². The quantitative estimate of drug-likeness (QED) is 0.872. The fourth-order valence-electron chi connectivity index (χ4n) is 3.34. The van der Waals surface area contributed by atoms with E-state index in [9.17, 15) is 13.5 Å². The van der Waals surface area contributed by atoms with E-state index in [1.807, 2.05) is 6.92 Å². The number of allylic oxidation sites excluding steroid dienone is 1. The summed E-state index contributed by atoms with van der Waals surface area (Å²) in [6.45, 7) is 6.06. The average Bonchev–Trinajstić information content (AvgIpc) is 2.25. The zero-order valence-electron chi connectivity index (χ0n) is 12.3. The van der Waals surface area contributed by atoms with Crippen LogP contribution in [0.2, 0.25) is 0 Å². The second-order valence-corrected chi connectivity index (χ2v) is 8.67. The fourth-order valence-corrected chi connectivity index (χ4v) is 4.92. The molecule has 0 aliphatic heterocycles. The van der Waals surface area contributed by atoms with Crippen molar-refractivity contribution in [3.8, 4) is 0 Å². The summed E-state index contributed by atoms with van der Waals surface area (Å²) in [4.78, 5) is 0.267. The molecule has 1 aromatic carbocycles. The maximum atomic E-state index is 12.4. The first-order valence-corrected chi connectivity index (χ1v) is 8.46. The molecule has 0 saturated carbocycles. The molecule has 1 aliphatic carbocycles. The predicted molar refractivity (Wildman–Crippen MR) is 80.2 cm³/mol. The molecule has 1 N–H and O–H groups in total. The molecule has 3 nitrogen and oxygen atoms in total. The van der Waals surface area contributed by atoms with Crippen molar-refractivity contribution >= 4 is 9.84 Å². The first-order chi connectivity index (χ1) is 9.12. The van der Waals surface area contributed by atoms with Crippen LogP contribution < -0.4 is 0 Å². The number of aliphatic hydroxyl groups is 1. The van der Waals surface area contributed by atoms with Crippen LogP contribution in [0.4, 0.5) is 0 Å². The number of hydrogen-bond donors (Lipinski definition) is 1. The summed E-state index contributed by atoms with van der Waals surface area (Å²) >= 11 is 0. The first-order valence-electron chi connectivity index (χ1n) is 6.81. The predicted octanol–water partition coefficient (Wildman–Crippen LogP) is 2.96. The zero-order chi connectivity index (χ0) is 15.0. The molecule has 1 atom stereocenters. The van der Waals surface area contributed by atoms with Crippen molar-refractivity contribution in [2.75, 3.05) is 5.75 Å². The molecule has 0 saturated heterocycles. The summed E-state index contributed by atoms with van der Waals surface area (Å²) in [5, 5.41) is 10.7. The molecular formula is C16H22O3S. The van der Waals surface area contributed by atoms with Crippen molar-refractivity contribution in [2.24, 2.45) is 5.41 Å². The lowest BCUT2D eigenvalue weighted by atomic mass is 9.72. The van der Waals surface area contributed by atoms with E-state index in [1.54, 1.807) is 36.4 Å². The van der Waals surface area contributed by atoms with Crippen LogP contribution in [0.25, 0.3) is 0 Å². The van der Waals surface area contributed by atoms with Gasteiger partial charge in [-0.15, -0.1) is 0 Å². The Labute approximate surface area is 121 Å². The van der Waals surface area contributed by atoms with Crippen LogP contribution in [-0.2, 0) is 9.84 Å². The Bertz CT molecular complexity index is 614. The largest absolute Gasteiger partial charge is 0.385 e. The van der Waals surface area contributed by atoms with Gasteiger partial charge in [0.15, 0.2) is 9.84 Å². The molecular weight excluding hydrogens is 272 g/mol. The van der Waals surface area contributed by atoms with E-state index in [1.165, 1.54) is 0 Å². The van der Waals surface area contributed by atoms with Crippen molar-refractivity contribution in [1.29, 1.82) is 0 Å². The van der Waals surface area contributed by atoms with Crippen molar-refractivity contribution in [2.45, 2.75) is 44.1 Å². The van der Waals surface area contributed by atoms with Gasteiger partial charge in [-0.3, -0.25) is 0 Å². The molecule has 0 fully saturated rings. The monoisotopic (exact) mass is 294 g/mol. The molecule has 0 spiro atoms. The van der Waals surface area contributed by atoms with Gasteiger partial charge in [0.25, 0.3) is 0 Å². The third-order valence-electron chi connectivity index (χ3n) is 3.60. The number of rotatable bonds is 3. The van der Waals surface area contributed by atoms with Gasteiger partial charge in [0.1, 0.15) is 0 Å². The Balaban J connectivity index is 2.31. The summed E-state index contributed by atoms with van der Waals surface area (Å²) in [7, 11) is -3.49. The summed E-state index contributed by atoms with van der Waals surface area (Å²) in [6, 6.07) is 8.32. The van der Waals surface area contributed by atoms with Gasteiger partial charge in [-0.25, -0.2) is 8.42 Å². The SMILES string of the molecule is CC1=CC(O)(CS(=O)(=O)c2ccccc2)CC(C)(C)C1. The highest BCUT2D eigenvalue weighted by atomic mass is 32.2. The third kappa shape index (κ3) is 3.49. The van der Waals surface area contributed by atoms with Gasteiger partial charge in [-0.1, -0.05) is 43.7 Å². The Morgan fingerprint density at radius 2 is 1.80 bits per heavy atom. The maximum Gasteiger partial charge on any atom is 0.181 e. The summed E-state index contributed by atoms with van der Waals surface area (Å²) < 4.78 is 24.9. The molecule has 2 rings (SSSR count). The Morgan fingerprint density at radius 1 is 1.20 bits per heavy atom. The van der Waals surface area contributed by atoms with Gasteiger partial charge < -0.3 is 5.11 Å². The normalized spacial score (nSPS) is 26.1. The van der Waals surface area contributed by atoms with E-state index < -0.39 is 15.4 Å². The number of benzene rings is 1. The molecule has 1 aliphatic rings. The Kier molecular flexibility index (Phi) is 3.82. The summed E-state index contributed by atoms with van der Waals surface area (Å²) in [6.07, 6.45) is 3.07. The fraction of sp³-hybridized carbons (Fsp3) is 0.500. The smallest absolute Gasteiger partial charge is 0.181 e. The lowest BCUT2D eigenvalue weighted by Crippen LogP contribution is -2.42. The van der Waals surface area contributed by atoms with Crippen molar-refractivity contribution in [3.05, 3.63) is 42.0 Å². The molecule has 0 bridgehead atoms. The van der Waals surface area contributed by atoms with Crippen LogP contribution in [0, 0.1) is 5.41 Å². The molecule has 0 radical (unpaired) electrons. The highest BCUT2D eigenvalue weighted by Crippen LogP contribution is 2.41. The highest BCUT2D eigenvalue weighted by molar-refractivity contribution is 7.91. The molecule has 0 heterocycles. The van der Waals surface area contributed by atoms with Gasteiger partial charge in [-0.2, -0.15) is 0 Å². The van der Waals surface area contributed by atoms with Gasteiger partial charge in [-0.05, 0) is 37.3 Å². The maximum absolute atomic E-state index is 12.4. The second-order valence-electron chi connectivity index (χ2n) is 6.68. The van der Waals surface area contributed by atoms with Crippen LogP contribution >= 0.6 is 0 Å². The van der Waals surface area contributed by atoms with Crippen molar-refractivity contribution in [1.82, 2.24) is 0 Å². The van der Waals surface area contributed by atoms with E-state index >= 15 is 0 Å².